The zero-order valence-corrected chi connectivity index (χ0v) is 11.3. The molecule has 0 aliphatic rings. The SMILES string of the molecule is Cc1ccc(SCC(=O)NCCC#N)cc1C(=O)O. The van der Waals surface area contributed by atoms with Gasteiger partial charge in [-0.3, -0.25) is 4.79 Å². The molecule has 1 aromatic rings. The summed E-state index contributed by atoms with van der Waals surface area (Å²) in [7, 11) is 0. The maximum absolute atomic E-state index is 11.4. The second kappa shape index (κ2) is 7.44. The van der Waals surface area contributed by atoms with E-state index in [1.165, 1.54) is 11.8 Å². The van der Waals surface area contributed by atoms with Crippen LogP contribution in [0.15, 0.2) is 23.1 Å². The molecule has 0 atom stereocenters. The van der Waals surface area contributed by atoms with Gasteiger partial charge in [0.15, 0.2) is 0 Å². The van der Waals surface area contributed by atoms with E-state index in [1.54, 1.807) is 25.1 Å². The van der Waals surface area contributed by atoms with Crippen molar-refractivity contribution in [1.29, 1.82) is 5.26 Å². The van der Waals surface area contributed by atoms with E-state index in [2.05, 4.69) is 5.32 Å². The molecular weight excluding hydrogens is 264 g/mol. The van der Waals surface area contributed by atoms with E-state index < -0.39 is 5.97 Å². The van der Waals surface area contributed by atoms with Crippen molar-refractivity contribution in [1.82, 2.24) is 5.32 Å². The second-order valence-corrected chi connectivity index (χ2v) is 4.88. The summed E-state index contributed by atoms with van der Waals surface area (Å²) in [4.78, 5) is 23.1. The zero-order valence-electron chi connectivity index (χ0n) is 10.5. The van der Waals surface area contributed by atoms with E-state index in [0.29, 0.717) is 12.1 Å². The summed E-state index contributed by atoms with van der Waals surface area (Å²) in [6.07, 6.45) is 0.282. The lowest BCUT2D eigenvalue weighted by molar-refractivity contribution is -0.118. The summed E-state index contributed by atoms with van der Waals surface area (Å²) in [5.74, 6) is -0.941. The molecule has 0 aromatic heterocycles. The number of nitrogens with one attached hydrogen (secondary N) is 1. The van der Waals surface area contributed by atoms with Gasteiger partial charge in [-0.2, -0.15) is 5.26 Å². The van der Waals surface area contributed by atoms with Crippen LogP contribution < -0.4 is 5.32 Å². The van der Waals surface area contributed by atoms with Gasteiger partial charge in [0.25, 0.3) is 0 Å². The van der Waals surface area contributed by atoms with Gasteiger partial charge in [0, 0.05) is 11.4 Å². The van der Waals surface area contributed by atoms with E-state index in [-0.39, 0.29) is 23.6 Å². The van der Waals surface area contributed by atoms with E-state index >= 15 is 0 Å². The van der Waals surface area contributed by atoms with Crippen LogP contribution in [0.1, 0.15) is 22.3 Å². The first kappa shape index (κ1) is 15.1. The molecule has 19 heavy (non-hydrogen) atoms. The Labute approximate surface area is 115 Å². The third-order valence-corrected chi connectivity index (χ3v) is 3.36. The van der Waals surface area contributed by atoms with Gasteiger partial charge in [-0.05, 0) is 24.6 Å². The molecule has 0 aliphatic heterocycles. The number of carboxylic acids is 1. The molecule has 1 amide bonds. The molecular formula is C13H14N2O3S. The number of aromatic carboxylic acids is 1. The molecule has 0 unspecified atom stereocenters. The van der Waals surface area contributed by atoms with Gasteiger partial charge in [0.1, 0.15) is 0 Å². The van der Waals surface area contributed by atoms with Gasteiger partial charge in [-0.25, -0.2) is 4.79 Å². The Balaban J connectivity index is 2.54. The fraction of sp³-hybridized carbons (Fsp3) is 0.308. The van der Waals surface area contributed by atoms with Gasteiger partial charge < -0.3 is 10.4 Å². The molecule has 1 aromatic carbocycles. The van der Waals surface area contributed by atoms with Gasteiger partial charge in [0.05, 0.1) is 23.8 Å². The molecule has 0 spiro atoms. The molecule has 5 nitrogen and oxygen atoms in total. The monoisotopic (exact) mass is 278 g/mol. The summed E-state index contributed by atoms with van der Waals surface area (Å²) in [5.41, 5.74) is 0.935. The molecule has 100 valence electrons. The summed E-state index contributed by atoms with van der Waals surface area (Å²) in [6.45, 7) is 2.07. The Morgan fingerprint density at radius 2 is 2.21 bits per heavy atom. The van der Waals surface area contributed by atoms with E-state index in [9.17, 15) is 9.59 Å². The van der Waals surface area contributed by atoms with Crippen LogP contribution in [0.3, 0.4) is 0 Å². The molecule has 0 aliphatic carbocycles. The third kappa shape index (κ3) is 5.02. The van der Waals surface area contributed by atoms with Crippen LogP contribution in [0.25, 0.3) is 0 Å². The Morgan fingerprint density at radius 3 is 2.84 bits per heavy atom. The van der Waals surface area contributed by atoms with Crippen LogP contribution >= 0.6 is 11.8 Å². The summed E-state index contributed by atoms with van der Waals surface area (Å²) in [5, 5.41) is 19.9. The highest BCUT2D eigenvalue weighted by Gasteiger charge is 2.09. The molecule has 6 heteroatoms. The number of nitriles is 1. The summed E-state index contributed by atoms with van der Waals surface area (Å²) < 4.78 is 0. The third-order valence-electron chi connectivity index (χ3n) is 2.37. The summed E-state index contributed by atoms with van der Waals surface area (Å²) >= 11 is 1.27. The average Bonchev–Trinajstić information content (AvgIpc) is 2.37. The van der Waals surface area contributed by atoms with Crippen molar-refractivity contribution in [3.05, 3.63) is 29.3 Å². The Morgan fingerprint density at radius 1 is 1.47 bits per heavy atom. The number of hydrogen-bond acceptors (Lipinski definition) is 4. The molecule has 1 rings (SSSR count). The second-order valence-electron chi connectivity index (χ2n) is 3.83. The van der Waals surface area contributed by atoms with E-state index in [4.69, 9.17) is 10.4 Å². The van der Waals surface area contributed by atoms with Gasteiger partial charge >= 0.3 is 5.97 Å². The maximum atomic E-state index is 11.4. The highest BCUT2D eigenvalue weighted by atomic mass is 32.2. The lowest BCUT2D eigenvalue weighted by Crippen LogP contribution is -2.25. The zero-order chi connectivity index (χ0) is 14.3. The number of thioether (sulfide) groups is 1. The van der Waals surface area contributed by atoms with Crippen LogP contribution in [0.5, 0.6) is 0 Å². The molecule has 0 bridgehead atoms. The van der Waals surface area contributed by atoms with Gasteiger partial charge in [-0.1, -0.05) is 6.07 Å². The Kier molecular flexibility index (Phi) is 5.90. The normalized spacial score (nSPS) is 9.68. The number of carbonyl (C=O) groups is 2. The molecule has 0 saturated carbocycles. The lowest BCUT2D eigenvalue weighted by atomic mass is 10.1. The predicted octanol–water partition coefficient (Wildman–Crippen LogP) is 1.82. The van der Waals surface area contributed by atoms with Crippen molar-refractivity contribution in [3.8, 4) is 6.07 Å². The van der Waals surface area contributed by atoms with Crippen molar-refractivity contribution in [2.75, 3.05) is 12.3 Å². The standard InChI is InChI=1S/C13H14N2O3S/c1-9-3-4-10(7-11(9)13(17)18)19-8-12(16)15-6-2-5-14/h3-4,7H,2,6,8H2,1H3,(H,15,16)(H,17,18). The number of carbonyl (C=O) groups excluding carboxylic acids is 1. The highest BCUT2D eigenvalue weighted by molar-refractivity contribution is 8.00. The Bertz CT molecular complexity index is 523. The number of nitrogens with zero attached hydrogens (tertiary/aromatic N) is 1. The quantitative estimate of drug-likeness (QED) is 0.612. The van der Waals surface area contributed by atoms with Crippen LogP contribution in [-0.2, 0) is 4.79 Å². The van der Waals surface area contributed by atoms with E-state index in [0.717, 1.165) is 4.90 Å². The maximum Gasteiger partial charge on any atom is 0.335 e. The van der Waals surface area contributed by atoms with E-state index in [1.807, 2.05) is 6.07 Å². The topological polar surface area (TPSA) is 90.2 Å². The van der Waals surface area contributed by atoms with Crippen molar-refractivity contribution in [2.45, 2.75) is 18.2 Å². The molecule has 0 heterocycles. The fourth-order valence-electron chi connectivity index (χ4n) is 1.38. The number of rotatable bonds is 6. The lowest BCUT2D eigenvalue weighted by Gasteiger charge is -2.06. The molecule has 0 radical (unpaired) electrons. The van der Waals surface area contributed by atoms with Crippen LogP contribution in [0.4, 0.5) is 0 Å². The van der Waals surface area contributed by atoms with Crippen molar-refractivity contribution < 1.29 is 14.7 Å². The fourth-order valence-corrected chi connectivity index (χ4v) is 2.14. The first-order valence-electron chi connectivity index (χ1n) is 5.65. The smallest absolute Gasteiger partial charge is 0.335 e. The van der Waals surface area contributed by atoms with Crippen molar-refractivity contribution in [2.24, 2.45) is 0 Å². The molecule has 0 fully saturated rings. The molecule has 0 saturated heterocycles. The van der Waals surface area contributed by atoms with Gasteiger partial charge in [-0.15, -0.1) is 11.8 Å². The van der Waals surface area contributed by atoms with Gasteiger partial charge in [0.2, 0.25) is 5.91 Å². The number of carboxylic acid groups (broad SMARTS) is 1. The van der Waals surface area contributed by atoms with Crippen LogP contribution in [0, 0.1) is 18.3 Å². The predicted molar refractivity (Wildman–Crippen MR) is 72.1 cm³/mol. The summed E-state index contributed by atoms with van der Waals surface area (Å²) in [6, 6.07) is 7.00. The van der Waals surface area contributed by atoms with Crippen LogP contribution in [-0.4, -0.2) is 29.3 Å². The minimum Gasteiger partial charge on any atom is -0.478 e. The van der Waals surface area contributed by atoms with Crippen molar-refractivity contribution >= 4 is 23.6 Å². The average molecular weight is 278 g/mol. The minimum atomic E-state index is -0.974. The first-order chi connectivity index (χ1) is 9.04. The van der Waals surface area contributed by atoms with Crippen molar-refractivity contribution in [3.63, 3.8) is 0 Å². The minimum absolute atomic E-state index is 0.169. The number of amides is 1. The first-order valence-corrected chi connectivity index (χ1v) is 6.63. The number of aryl methyl sites for hydroxylation is 1. The number of benzene rings is 1. The highest BCUT2D eigenvalue weighted by Crippen LogP contribution is 2.21. The number of hydrogen-bond donors (Lipinski definition) is 2. The Hall–Kier alpha value is -2.00. The molecule has 2 N–H and O–H groups in total. The largest absolute Gasteiger partial charge is 0.478 e. The van der Waals surface area contributed by atoms with Crippen LogP contribution in [0.2, 0.25) is 0 Å².